The number of hydrogen-bond donors (Lipinski definition) is 3. The molecule has 0 spiro atoms. The second-order valence-corrected chi connectivity index (χ2v) is 6.42. The molecule has 3 N–H and O–H groups in total. The van der Waals surface area contributed by atoms with Crippen LogP contribution in [0.2, 0.25) is 0 Å². The van der Waals surface area contributed by atoms with Crippen molar-refractivity contribution in [3.63, 3.8) is 0 Å². The minimum atomic E-state index is -0.709. The topological polar surface area (TPSA) is 72.8 Å². The Hall–Kier alpha value is -0.950. The number of carbonyl (C=O) groups is 1. The summed E-state index contributed by atoms with van der Waals surface area (Å²) >= 11 is 3.28. The van der Waals surface area contributed by atoms with Gasteiger partial charge in [-0.05, 0) is 60.9 Å². The molecule has 0 heterocycles. The summed E-state index contributed by atoms with van der Waals surface area (Å²) in [5, 5.41) is 18.8. The van der Waals surface area contributed by atoms with Gasteiger partial charge in [-0.15, -0.1) is 0 Å². The van der Waals surface area contributed by atoms with Crippen LogP contribution < -0.4 is 5.48 Å². The number of aldehydes is 1. The molecule has 0 amide bonds. The number of halogens is 1. The molecule has 0 atom stereocenters. The zero-order valence-electron chi connectivity index (χ0n) is 12.0. The van der Waals surface area contributed by atoms with Gasteiger partial charge in [0.2, 0.25) is 0 Å². The van der Waals surface area contributed by atoms with Gasteiger partial charge in [0.25, 0.3) is 0 Å². The molecule has 0 radical (unpaired) electrons. The Balaban J connectivity index is 2.82. The first-order chi connectivity index (χ1) is 9.26. The summed E-state index contributed by atoms with van der Waals surface area (Å²) in [6, 6.07) is 3.40. The lowest BCUT2D eigenvalue weighted by Gasteiger charge is -2.23. The van der Waals surface area contributed by atoms with Crippen molar-refractivity contribution in [2.45, 2.75) is 32.4 Å². The number of hydrogen-bond acceptors (Lipinski definition) is 5. The average Bonchev–Trinajstić information content (AvgIpc) is 2.37. The molecule has 20 heavy (non-hydrogen) atoms. The number of aliphatic hydroxyl groups is 1. The summed E-state index contributed by atoms with van der Waals surface area (Å²) < 4.78 is 0.630. The fourth-order valence-corrected chi connectivity index (χ4v) is 2.25. The van der Waals surface area contributed by atoms with Gasteiger partial charge in [-0.3, -0.25) is 15.5 Å². The minimum absolute atomic E-state index is 0.515. The Labute approximate surface area is 127 Å². The van der Waals surface area contributed by atoms with E-state index in [1.54, 1.807) is 26.0 Å². The number of benzene rings is 1. The highest BCUT2D eigenvalue weighted by Gasteiger charge is 2.15. The number of anilines is 1. The maximum absolute atomic E-state index is 11.1. The van der Waals surface area contributed by atoms with Gasteiger partial charge in [0.15, 0.2) is 0 Å². The van der Waals surface area contributed by atoms with Crippen molar-refractivity contribution in [1.82, 2.24) is 4.90 Å². The first-order valence-corrected chi connectivity index (χ1v) is 7.15. The molecule has 0 unspecified atom stereocenters. The zero-order valence-corrected chi connectivity index (χ0v) is 13.6. The summed E-state index contributed by atoms with van der Waals surface area (Å²) in [5.41, 5.74) is 3.29. The minimum Gasteiger partial charge on any atom is -0.390 e. The lowest BCUT2D eigenvalue weighted by Crippen LogP contribution is -2.28. The number of rotatable bonds is 7. The second-order valence-electron chi connectivity index (χ2n) is 5.56. The van der Waals surface area contributed by atoms with Gasteiger partial charge in [-0.2, -0.15) is 0 Å². The van der Waals surface area contributed by atoms with Crippen LogP contribution in [0.25, 0.3) is 0 Å². The van der Waals surface area contributed by atoms with Crippen molar-refractivity contribution < 1.29 is 15.1 Å². The van der Waals surface area contributed by atoms with E-state index < -0.39 is 5.60 Å². The predicted octanol–water partition coefficient (Wildman–Crippen LogP) is 2.66. The van der Waals surface area contributed by atoms with E-state index in [4.69, 9.17) is 5.21 Å². The maximum Gasteiger partial charge on any atom is 0.150 e. The second kappa shape index (κ2) is 7.17. The summed E-state index contributed by atoms with van der Waals surface area (Å²) in [4.78, 5) is 13.1. The van der Waals surface area contributed by atoms with Crippen LogP contribution in [-0.4, -0.2) is 40.7 Å². The fourth-order valence-electron chi connectivity index (χ4n) is 1.80. The van der Waals surface area contributed by atoms with Crippen molar-refractivity contribution in [3.05, 3.63) is 27.7 Å². The van der Waals surface area contributed by atoms with Crippen molar-refractivity contribution >= 4 is 27.9 Å². The molecule has 112 valence electrons. The quantitative estimate of drug-likeness (QED) is 0.523. The molecule has 0 aliphatic rings. The molecule has 0 aromatic heterocycles. The highest BCUT2D eigenvalue weighted by atomic mass is 79.9. The van der Waals surface area contributed by atoms with E-state index in [-0.39, 0.29) is 0 Å². The lowest BCUT2D eigenvalue weighted by molar-refractivity contribution is 0.0599. The normalized spacial score (nSPS) is 11.8. The van der Waals surface area contributed by atoms with Crippen LogP contribution in [0, 0.1) is 0 Å². The first-order valence-electron chi connectivity index (χ1n) is 6.35. The average molecular weight is 345 g/mol. The number of nitrogens with one attached hydrogen (secondary N) is 1. The van der Waals surface area contributed by atoms with E-state index in [2.05, 4.69) is 21.4 Å². The van der Waals surface area contributed by atoms with Crippen molar-refractivity contribution in [2.24, 2.45) is 0 Å². The maximum atomic E-state index is 11.1. The predicted molar refractivity (Wildman–Crippen MR) is 82.2 cm³/mol. The van der Waals surface area contributed by atoms with Gasteiger partial charge in [-0.25, -0.2) is 0 Å². The Kier molecular flexibility index (Phi) is 6.13. The molecule has 0 saturated heterocycles. The van der Waals surface area contributed by atoms with E-state index in [9.17, 15) is 9.90 Å². The third-order valence-corrected chi connectivity index (χ3v) is 3.68. The van der Waals surface area contributed by atoms with Gasteiger partial charge in [0.05, 0.1) is 11.3 Å². The van der Waals surface area contributed by atoms with Crippen molar-refractivity contribution in [1.29, 1.82) is 0 Å². The molecule has 0 saturated carbocycles. The highest BCUT2D eigenvalue weighted by Crippen LogP contribution is 2.26. The van der Waals surface area contributed by atoms with E-state index in [0.717, 1.165) is 11.8 Å². The Morgan fingerprint density at radius 3 is 2.60 bits per heavy atom. The molecule has 0 fully saturated rings. The summed E-state index contributed by atoms with van der Waals surface area (Å²) in [6.45, 7) is 4.81. The largest absolute Gasteiger partial charge is 0.390 e. The van der Waals surface area contributed by atoms with E-state index in [1.165, 1.54) is 0 Å². The summed E-state index contributed by atoms with van der Waals surface area (Å²) in [6.07, 6.45) is 1.44. The molecule has 0 aliphatic heterocycles. The van der Waals surface area contributed by atoms with Gasteiger partial charge in [0, 0.05) is 23.1 Å². The molecule has 0 aliphatic carbocycles. The van der Waals surface area contributed by atoms with Gasteiger partial charge < -0.3 is 10.0 Å². The van der Waals surface area contributed by atoms with E-state index >= 15 is 0 Å². The molecule has 6 heteroatoms. The summed E-state index contributed by atoms with van der Waals surface area (Å²) in [5.74, 6) is 0. The van der Waals surface area contributed by atoms with Crippen LogP contribution in [0.4, 0.5) is 5.69 Å². The van der Waals surface area contributed by atoms with Crippen molar-refractivity contribution in [3.8, 4) is 0 Å². The van der Waals surface area contributed by atoms with Crippen LogP contribution in [-0.2, 0) is 6.54 Å². The van der Waals surface area contributed by atoms with Gasteiger partial charge in [-0.1, -0.05) is 0 Å². The van der Waals surface area contributed by atoms with Crippen LogP contribution in [0.3, 0.4) is 0 Å². The smallest absolute Gasteiger partial charge is 0.150 e. The summed E-state index contributed by atoms with van der Waals surface area (Å²) in [7, 11) is 1.93. The molecule has 0 bridgehead atoms. The molecule has 1 aromatic carbocycles. The fraction of sp³-hybridized carbons (Fsp3) is 0.500. The van der Waals surface area contributed by atoms with Crippen LogP contribution in [0.5, 0.6) is 0 Å². The monoisotopic (exact) mass is 344 g/mol. The third kappa shape index (κ3) is 5.20. The number of carbonyl (C=O) groups excluding carboxylic acids is 1. The lowest BCUT2D eigenvalue weighted by atomic mass is 10.0. The molecular formula is C14H21BrN2O3. The SMILES string of the molecule is CN(CCC(C)(C)O)Cc1cc(NO)c(Br)cc1C=O. The van der Waals surface area contributed by atoms with E-state index in [1.807, 2.05) is 11.9 Å². The first kappa shape index (κ1) is 17.1. The van der Waals surface area contributed by atoms with E-state index in [0.29, 0.717) is 35.2 Å². The highest BCUT2D eigenvalue weighted by molar-refractivity contribution is 9.10. The Morgan fingerprint density at radius 1 is 1.45 bits per heavy atom. The Morgan fingerprint density at radius 2 is 2.10 bits per heavy atom. The van der Waals surface area contributed by atoms with Crippen LogP contribution in [0.1, 0.15) is 36.2 Å². The molecule has 5 nitrogen and oxygen atoms in total. The Bertz CT molecular complexity index is 472. The molecule has 1 rings (SSSR count). The molecule has 1 aromatic rings. The third-order valence-electron chi connectivity index (χ3n) is 3.02. The standard InChI is InChI=1S/C14H21BrN2O3/c1-14(2,19)4-5-17(3)8-10-7-13(16-20)12(15)6-11(10)9-18/h6-7,9,16,19-20H,4-5,8H2,1-3H3. The van der Waals surface area contributed by atoms with Crippen LogP contribution in [0.15, 0.2) is 16.6 Å². The van der Waals surface area contributed by atoms with Gasteiger partial charge >= 0.3 is 0 Å². The van der Waals surface area contributed by atoms with Crippen LogP contribution >= 0.6 is 15.9 Å². The van der Waals surface area contributed by atoms with Crippen molar-refractivity contribution in [2.75, 3.05) is 19.1 Å². The van der Waals surface area contributed by atoms with Gasteiger partial charge in [0.1, 0.15) is 6.29 Å². The molecular weight excluding hydrogens is 324 g/mol. The zero-order chi connectivity index (χ0) is 15.3. The number of nitrogens with zero attached hydrogens (tertiary/aromatic N) is 1.